The maximum Gasteiger partial charge on any atom is 0.410 e. The molecule has 1 aromatic carbocycles. The molecule has 1 aliphatic heterocycles. The largest absolute Gasteiger partial charge is 0.444 e. The van der Waals surface area contributed by atoms with Gasteiger partial charge in [-0.15, -0.1) is 0 Å². The Hall–Kier alpha value is -0.950. The van der Waals surface area contributed by atoms with E-state index in [1.54, 1.807) is 0 Å². The number of fused-ring (bicyclic) bond motifs is 1. The number of benzene rings is 1. The summed E-state index contributed by atoms with van der Waals surface area (Å²) in [7, 11) is 0. The number of aryl methyl sites for hydroxylation is 1. The predicted molar refractivity (Wildman–Crippen MR) is 112 cm³/mol. The van der Waals surface area contributed by atoms with Gasteiger partial charge in [-0.3, -0.25) is 0 Å². The highest BCUT2D eigenvalue weighted by molar-refractivity contribution is 14.2. The van der Waals surface area contributed by atoms with Crippen molar-refractivity contribution in [2.24, 2.45) is 0 Å². The topological polar surface area (TPSA) is 47.4 Å². The van der Waals surface area contributed by atoms with Crippen LogP contribution in [-0.4, -0.2) is 39.2 Å². The van der Waals surface area contributed by atoms with Crippen molar-refractivity contribution in [1.82, 2.24) is 14.5 Å². The zero-order chi connectivity index (χ0) is 19.1. The molecule has 1 fully saturated rings. The minimum atomic E-state index is -1.57. The fourth-order valence-electron chi connectivity index (χ4n) is 3.45. The molecule has 0 spiro atoms. The number of likely N-dealkylation sites (tertiary alicyclic amines) is 1. The lowest BCUT2D eigenvalue weighted by Crippen LogP contribution is -2.48. The Morgan fingerprint density at radius 1 is 1.42 bits per heavy atom. The van der Waals surface area contributed by atoms with Gasteiger partial charge in [0.05, 0.1) is 24.6 Å². The second-order valence-electron chi connectivity index (χ2n) is 7.84. The second kappa shape index (κ2) is 7.23. The molecule has 8 heteroatoms. The van der Waals surface area contributed by atoms with Crippen LogP contribution in [0.5, 0.6) is 0 Å². The van der Waals surface area contributed by atoms with E-state index in [4.69, 9.17) is 4.74 Å². The summed E-state index contributed by atoms with van der Waals surface area (Å²) in [5, 5.41) is 5.37. The van der Waals surface area contributed by atoms with Crippen molar-refractivity contribution in [1.29, 1.82) is 0 Å². The van der Waals surface area contributed by atoms with Gasteiger partial charge >= 0.3 is 6.09 Å². The average molecular weight is 491 g/mol. The zero-order valence-electron chi connectivity index (χ0n) is 15.5. The van der Waals surface area contributed by atoms with Crippen LogP contribution in [-0.2, 0) is 10.4 Å². The first-order valence-electron chi connectivity index (χ1n) is 8.65. The molecule has 2 unspecified atom stereocenters. The molecular weight excluding hydrogens is 467 g/mol. The number of rotatable bonds is 2. The lowest BCUT2D eigenvalue weighted by Gasteiger charge is -2.38. The number of nitrogens with zero attached hydrogens (tertiary/aromatic N) is 3. The van der Waals surface area contributed by atoms with Gasteiger partial charge in [-0.05, 0) is 85.8 Å². The summed E-state index contributed by atoms with van der Waals surface area (Å²) in [6, 6.07) is 3.89. The molecule has 0 aliphatic carbocycles. The van der Waals surface area contributed by atoms with Crippen molar-refractivity contribution in [2.45, 2.75) is 51.8 Å². The van der Waals surface area contributed by atoms with E-state index in [1.165, 1.54) is 4.90 Å². The summed E-state index contributed by atoms with van der Waals surface area (Å²) in [6.45, 7) is 7.93. The van der Waals surface area contributed by atoms with Gasteiger partial charge in [0.15, 0.2) is 5.67 Å². The van der Waals surface area contributed by atoms with Gasteiger partial charge in [-0.1, -0.05) is 0 Å². The van der Waals surface area contributed by atoms with Crippen molar-refractivity contribution >= 4 is 45.4 Å². The van der Waals surface area contributed by atoms with Gasteiger partial charge in [-0.2, -0.15) is 5.10 Å². The summed E-state index contributed by atoms with van der Waals surface area (Å²) in [6.07, 6.45) is 2.84. The smallest absolute Gasteiger partial charge is 0.410 e. The number of piperidine rings is 1. The van der Waals surface area contributed by atoms with Crippen LogP contribution >= 0.6 is 28.4 Å². The number of carbonyl (C=O) groups excluding carboxylic acids is 1. The molecule has 0 radical (unpaired) electrons. The molecule has 0 N–H and O–H groups in total. The third-order valence-corrected chi connectivity index (χ3v) is 6.46. The van der Waals surface area contributed by atoms with Crippen LogP contribution in [0.4, 0.5) is 9.18 Å². The fraction of sp³-hybridized carbons (Fsp3) is 0.556. The van der Waals surface area contributed by atoms with E-state index in [0.717, 1.165) is 16.5 Å². The van der Waals surface area contributed by atoms with Gasteiger partial charge in [0.1, 0.15) is 5.60 Å². The van der Waals surface area contributed by atoms with Crippen molar-refractivity contribution < 1.29 is 13.9 Å². The van der Waals surface area contributed by atoms with Gasteiger partial charge in [0.2, 0.25) is 0 Å². The Bertz CT molecular complexity index is 836. The van der Waals surface area contributed by atoms with Gasteiger partial charge in [0, 0.05) is 11.9 Å². The first kappa shape index (κ1) is 19.8. The van der Waals surface area contributed by atoms with Crippen molar-refractivity contribution in [3.63, 3.8) is 0 Å². The Balaban J connectivity index is 1.93. The van der Waals surface area contributed by atoms with E-state index in [1.807, 2.05) is 50.5 Å². The van der Waals surface area contributed by atoms with Crippen molar-refractivity contribution in [2.75, 3.05) is 13.1 Å². The van der Waals surface area contributed by atoms with Crippen LogP contribution in [0.25, 0.3) is 10.9 Å². The average Bonchev–Trinajstić information content (AvgIpc) is 2.94. The van der Waals surface area contributed by atoms with E-state index in [-0.39, 0.29) is 6.54 Å². The highest BCUT2D eigenvalue weighted by atomic mass is 127. The summed E-state index contributed by atoms with van der Waals surface area (Å²) in [4.78, 5) is 13.9. The number of alkyl halides is 1. The van der Waals surface area contributed by atoms with Gasteiger partial charge < -0.3 is 9.64 Å². The Morgan fingerprint density at radius 2 is 2.15 bits per heavy atom. The van der Waals surface area contributed by atoms with E-state index >= 15 is 4.39 Å². The van der Waals surface area contributed by atoms with E-state index < -0.39 is 17.4 Å². The molecule has 142 valence electrons. The Morgan fingerprint density at radius 3 is 2.81 bits per heavy atom. The summed E-state index contributed by atoms with van der Waals surface area (Å²) >= 11 is 2.27. The van der Waals surface area contributed by atoms with Crippen LogP contribution in [0.2, 0.25) is 0 Å². The third kappa shape index (κ3) is 3.98. The molecule has 5 nitrogen and oxygen atoms in total. The first-order valence-corrected chi connectivity index (χ1v) is 12.7. The Labute approximate surface area is 168 Å². The molecule has 1 amide bonds. The minimum Gasteiger partial charge on any atom is -0.444 e. The van der Waals surface area contributed by atoms with Crippen LogP contribution in [0.15, 0.2) is 18.3 Å². The number of hydrogen-bond acceptors (Lipinski definition) is 3. The predicted octanol–water partition coefficient (Wildman–Crippen LogP) is 5.33. The molecule has 2 atom stereocenters. The summed E-state index contributed by atoms with van der Waals surface area (Å²) < 4.78 is 23.3. The van der Waals surface area contributed by atoms with Gasteiger partial charge in [-0.25, -0.2) is 13.6 Å². The summed E-state index contributed by atoms with van der Waals surface area (Å²) in [5.74, 6) is 0. The highest BCUT2D eigenvalue weighted by Gasteiger charge is 2.41. The normalized spacial score (nSPS) is 21.7. The number of halogens is 2. The SMILES string of the molecule is Cc1cc2cnn(PI)c2cc1C1(F)CCCN(C(=O)OC(C)(C)C)C1. The molecule has 26 heavy (non-hydrogen) atoms. The zero-order valence-corrected chi connectivity index (χ0v) is 18.6. The number of aromatic nitrogens is 2. The van der Waals surface area contributed by atoms with E-state index in [9.17, 15) is 4.79 Å². The first-order chi connectivity index (χ1) is 12.1. The molecule has 1 aromatic heterocycles. The minimum absolute atomic E-state index is 0.0227. The molecule has 2 heterocycles. The van der Waals surface area contributed by atoms with Gasteiger partial charge in [0.25, 0.3) is 0 Å². The van der Waals surface area contributed by atoms with Crippen molar-refractivity contribution in [3.05, 3.63) is 29.5 Å². The highest BCUT2D eigenvalue weighted by Crippen LogP contribution is 2.40. The standard InChI is InChI=1S/C18H24FIN3O2P/c1-12-8-13-10-21-23(26-20)15(13)9-14(12)18(19)6-5-7-22(11-18)16(24)25-17(2,3)4/h8-10,26H,5-7,11H2,1-4H3. The number of hydrogen-bond donors (Lipinski definition) is 0. The van der Waals surface area contributed by atoms with Crippen LogP contribution in [0, 0.1) is 6.92 Å². The molecule has 0 bridgehead atoms. The molecule has 3 rings (SSSR count). The van der Waals surface area contributed by atoms with E-state index in [0.29, 0.717) is 31.3 Å². The molecule has 0 saturated carbocycles. The quantitative estimate of drug-likeness (QED) is 0.422. The molecule has 1 aliphatic rings. The number of carbonyl (C=O) groups is 1. The fourth-order valence-corrected chi connectivity index (χ4v) is 4.99. The molecule has 1 saturated heterocycles. The monoisotopic (exact) mass is 491 g/mol. The lowest BCUT2D eigenvalue weighted by molar-refractivity contribution is -0.00679. The second-order valence-corrected chi connectivity index (χ2v) is 9.88. The molecule has 2 aromatic rings. The van der Waals surface area contributed by atoms with Crippen LogP contribution in [0.3, 0.4) is 0 Å². The van der Waals surface area contributed by atoms with Crippen LogP contribution < -0.4 is 0 Å². The maximum absolute atomic E-state index is 16.0. The van der Waals surface area contributed by atoms with Crippen molar-refractivity contribution in [3.8, 4) is 0 Å². The summed E-state index contributed by atoms with van der Waals surface area (Å²) in [5.41, 5.74) is 0.314. The number of ether oxygens (including phenoxy) is 1. The molecular formula is C18H24FIN3O2P. The lowest BCUT2D eigenvalue weighted by atomic mass is 9.84. The Kier molecular flexibility index (Phi) is 5.50. The van der Waals surface area contributed by atoms with Crippen LogP contribution in [0.1, 0.15) is 44.7 Å². The third-order valence-electron chi connectivity index (χ3n) is 4.57. The maximum atomic E-state index is 16.0. The van der Waals surface area contributed by atoms with E-state index in [2.05, 4.69) is 27.1 Å². The number of amides is 1.